The van der Waals surface area contributed by atoms with Crippen molar-refractivity contribution in [2.75, 3.05) is 0 Å². The Kier molecular flexibility index (Phi) is 3.53. The van der Waals surface area contributed by atoms with Crippen molar-refractivity contribution in [1.29, 1.82) is 0 Å². The average Bonchev–Trinajstić information content (AvgIpc) is 2.08. The van der Waals surface area contributed by atoms with Crippen LogP contribution in [0.5, 0.6) is 0 Å². The van der Waals surface area contributed by atoms with Crippen LogP contribution in [0.4, 0.5) is 0 Å². The highest BCUT2D eigenvalue weighted by Gasteiger charge is 2.33. The molecule has 14 heavy (non-hydrogen) atoms. The van der Waals surface area contributed by atoms with Crippen molar-refractivity contribution >= 4 is 5.91 Å². The molecule has 82 valence electrons. The Morgan fingerprint density at radius 1 is 1.50 bits per heavy atom. The van der Waals surface area contributed by atoms with Crippen molar-refractivity contribution in [3.05, 3.63) is 0 Å². The first-order chi connectivity index (χ1) is 6.43. The van der Waals surface area contributed by atoms with Gasteiger partial charge in [-0.15, -0.1) is 0 Å². The van der Waals surface area contributed by atoms with E-state index in [1.807, 2.05) is 6.92 Å². The molecule has 0 aromatic heterocycles. The molecule has 2 unspecified atom stereocenters. The van der Waals surface area contributed by atoms with Crippen LogP contribution in [0, 0.1) is 5.41 Å². The lowest BCUT2D eigenvalue weighted by molar-refractivity contribution is -0.120. The Morgan fingerprint density at radius 2 is 2.14 bits per heavy atom. The van der Waals surface area contributed by atoms with E-state index in [-0.39, 0.29) is 11.9 Å². The van der Waals surface area contributed by atoms with E-state index in [0.717, 1.165) is 6.42 Å². The first-order valence-electron chi connectivity index (χ1n) is 5.49. The molecule has 3 heteroatoms. The van der Waals surface area contributed by atoms with Crippen LogP contribution in [-0.2, 0) is 4.79 Å². The van der Waals surface area contributed by atoms with Crippen LogP contribution in [0.3, 0.4) is 0 Å². The van der Waals surface area contributed by atoms with E-state index in [4.69, 9.17) is 5.73 Å². The van der Waals surface area contributed by atoms with Gasteiger partial charge in [-0.05, 0) is 25.2 Å². The molecule has 0 radical (unpaired) electrons. The Balaban J connectivity index is 2.53. The number of hydrogen-bond donors (Lipinski definition) is 2. The number of primary amides is 1. The third-order valence-corrected chi connectivity index (χ3v) is 3.39. The highest BCUT2D eigenvalue weighted by atomic mass is 16.1. The molecule has 0 saturated heterocycles. The second kappa shape index (κ2) is 4.30. The summed E-state index contributed by atoms with van der Waals surface area (Å²) in [7, 11) is 0. The van der Waals surface area contributed by atoms with Gasteiger partial charge in [-0.2, -0.15) is 0 Å². The molecule has 3 N–H and O–H groups in total. The van der Waals surface area contributed by atoms with Crippen LogP contribution >= 0.6 is 0 Å². The second-order valence-electron chi connectivity index (χ2n) is 5.08. The highest BCUT2D eigenvalue weighted by Crippen LogP contribution is 2.35. The summed E-state index contributed by atoms with van der Waals surface area (Å²) in [6.07, 6.45) is 4.95. The van der Waals surface area contributed by atoms with Crippen molar-refractivity contribution < 1.29 is 4.79 Å². The summed E-state index contributed by atoms with van der Waals surface area (Å²) >= 11 is 0. The van der Waals surface area contributed by atoms with Crippen LogP contribution < -0.4 is 11.1 Å². The lowest BCUT2D eigenvalue weighted by Crippen LogP contribution is -2.51. The molecule has 0 aromatic carbocycles. The van der Waals surface area contributed by atoms with E-state index < -0.39 is 0 Å². The number of nitrogens with one attached hydrogen (secondary N) is 1. The fourth-order valence-corrected chi connectivity index (χ4v) is 2.19. The van der Waals surface area contributed by atoms with Gasteiger partial charge in [0.05, 0.1) is 6.04 Å². The summed E-state index contributed by atoms with van der Waals surface area (Å²) in [5.41, 5.74) is 5.53. The molecule has 1 aliphatic carbocycles. The van der Waals surface area contributed by atoms with Gasteiger partial charge >= 0.3 is 0 Å². The van der Waals surface area contributed by atoms with Crippen molar-refractivity contribution in [2.24, 2.45) is 11.1 Å². The predicted octanol–water partition coefficient (Wildman–Crippen LogP) is 1.42. The molecule has 0 heterocycles. The van der Waals surface area contributed by atoms with Gasteiger partial charge in [0.2, 0.25) is 5.91 Å². The number of carbonyl (C=O) groups is 1. The summed E-state index contributed by atoms with van der Waals surface area (Å²) in [6, 6.07) is 0.219. The van der Waals surface area contributed by atoms with Gasteiger partial charge in [-0.3, -0.25) is 4.79 Å². The smallest absolute Gasteiger partial charge is 0.234 e. The molecular weight excluding hydrogens is 176 g/mol. The first kappa shape index (κ1) is 11.5. The van der Waals surface area contributed by atoms with Gasteiger partial charge < -0.3 is 11.1 Å². The van der Waals surface area contributed by atoms with E-state index >= 15 is 0 Å². The molecule has 1 amide bonds. The molecule has 0 spiro atoms. The van der Waals surface area contributed by atoms with Crippen molar-refractivity contribution in [1.82, 2.24) is 5.32 Å². The van der Waals surface area contributed by atoms with Crippen LogP contribution in [0.1, 0.15) is 46.5 Å². The third-order valence-electron chi connectivity index (χ3n) is 3.39. The van der Waals surface area contributed by atoms with Gasteiger partial charge in [0.1, 0.15) is 0 Å². The Bertz CT molecular complexity index is 213. The number of hydrogen-bond acceptors (Lipinski definition) is 2. The molecule has 3 nitrogen and oxygen atoms in total. The Labute approximate surface area is 86.4 Å². The zero-order valence-corrected chi connectivity index (χ0v) is 9.47. The summed E-state index contributed by atoms with van der Waals surface area (Å²) < 4.78 is 0. The zero-order chi connectivity index (χ0) is 10.8. The van der Waals surface area contributed by atoms with Crippen molar-refractivity contribution in [3.8, 4) is 0 Å². The summed E-state index contributed by atoms with van der Waals surface area (Å²) in [5, 5.41) is 3.33. The van der Waals surface area contributed by atoms with Crippen LogP contribution in [0.25, 0.3) is 0 Å². The van der Waals surface area contributed by atoms with Crippen LogP contribution in [0.15, 0.2) is 0 Å². The molecule has 0 bridgehead atoms. The minimum absolute atomic E-state index is 0.211. The third kappa shape index (κ3) is 2.71. The average molecular weight is 198 g/mol. The van der Waals surface area contributed by atoms with Gasteiger partial charge in [-0.25, -0.2) is 0 Å². The van der Waals surface area contributed by atoms with Gasteiger partial charge in [0.25, 0.3) is 0 Å². The minimum atomic E-state index is -0.258. The van der Waals surface area contributed by atoms with E-state index in [1.54, 1.807) is 0 Å². The lowest BCUT2D eigenvalue weighted by atomic mass is 9.73. The van der Waals surface area contributed by atoms with Crippen LogP contribution in [0.2, 0.25) is 0 Å². The second-order valence-corrected chi connectivity index (χ2v) is 5.08. The summed E-state index contributed by atoms with van der Waals surface area (Å²) in [6.45, 7) is 6.36. The molecule has 2 atom stereocenters. The molecule has 1 aliphatic rings. The maximum atomic E-state index is 10.9. The SMILES string of the molecule is CC(NC1CCCCC1(C)C)C(N)=O. The standard InChI is InChI=1S/C11H22N2O/c1-8(10(12)14)13-9-6-4-5-7-11(9,2)3/h8-9,13H,4-7H2,1-3H3,(H2,12,14). The van der Waals surface area contributed by atoms with Crippen molar-refractivity contribution in [2.45, 2.75) is 58.5 Å². The zero-order valence-electron chi connectivity index (χ0n) is 9.47. The number of amides is 1. The Hall–Kier alpha value is -0.570. The quantitative estimate of drug-likeness (QED) is 0.720. The molecule has 0 aromatic rings. The van der Waals surface area contributed by atoms with E-state index in [2.05, 4.69) is 19.2 Å². The maximum absolute atomic E-state index is 10.9. The van der Waals surface area contributed by atoms with Gasteiger partial charge in [0.15, 0.2) is 0 Å². The molecule has 1 rings (SSSR count). The lowest BCUT2D eigenvalue weighted by Gasteiger charge is -2.40. The van der Waals surface area contributed by atoms with Gasteiger partial charge in [0, 0.05) is 6.04 Å². The van der Waals surface area contributed by atoms with E-state index in [9.17, 15) is 4.79 Å². The normalized spacial score (nSPS) is 28.4. The number of nitrogens with two attached hydrogens (primary N) is 1. The summed E-state index contributed by atoms with van der Waals surface area (Å²) in [5.74, 6) is -0.258. The highest BCUT2D eigenvalue weighted by molar-refractivity contribution is 5.79. The number of carbonyl (C=O) groups excluding carboxylic acids is 1. The number of rotatable bonds is 3. The van der Waals surface area contributed by atoms with E-state index in [0.29, 0.717) is 11.5 Å². The largest absolute Gasteiger partial charge is 0.368 e. The fourth-order valence-electron chi connectivity index (χ4n) is 2.19. The monoisotopic (exact) mass is 198 g/mol. The van der Waals surface area contributed by atoms with Gasteiger partial charge in [-0.1, -0.05) is 26.7 Å². The fraction of sp³-hybridized carbons (Fsp3) is 0.909. The molecule has 1 fully saturated rings. The minimum Gasteiger partial charge on any atom is -0.368 e. The van der Waals surface area contributed by atoms with Crippen molar-refractivity contribution in [3.63, 3.8) is 0 Å². The first-order valence-corrected chi connectivity index (χ1v) is 5.49. The maximum Gasteiger partial charge on any atom is 0.234 e. The predicted molar refractivity (Wildman–Crippen MR) is 57.8 cm³/mol. The van der Waals surface area contributed by atoms with Crippen LogP contribution in [-0.4, -0.2) is 18.0 Å². The Morgan fingerprint density at radius 3 is 2.64 bits per heavy atom. The molecule has 1 saturated carbocycles. The summed E-state index contributed by atoms with van der Waals surface area (Å²) in [4.78, 5) is 10.9. The molecular formula is C11H22N2O. The topological polar surface area (TPSA) is 55.1 Å². The van der Waals surface area contributed by atoms with E-state index in [1.165, 1.54) is 19.3 Å². The molecule has 0 aliphatic heterocycles.